The molecule has 0 aromatic heterocycles. The molecule has 0 rings (SSSR count). The van der Waals surface area contributed by atoms with Crippen molar-refractivity contribution in [3.63, 3.8) is 0 Å². The van der Waals surface area contributed by atoms with E-state index in [2.05, 4.69) is 20.8 Å². The normalized spacial score (nSPS) is 14.1. The van der Waals surface area contributed by atoms with E-state index in [0.29, 0.717) is 12.5 Å². The average molecular weight is 144 g/mol. The summed E-state index contributed by atoms with van der Waals surface area (Å²) in [5.41, 5.74) is 0. The maximum absolute atomic E-state index is 8.60. The summed E-state index contributed by atoms with van der Waals surface area (Å²) < 4.78 is 0. The molecule has 0 aliphatic heterocycles. The van der Waals surface area contributed by atoms with Crippen molar-refractivity contribution in [1.29, 1.82) is 0 Å². The fourth-order valence-corrected chi connectivity index (χ4v) is 0.983. The van der Waals surface area contributed by atoms with Crippen molar-refractivity contribution in [3.8, 4) is 0 Å². The third kappa shape index (κ3) is 6.09. The van der Waals surface area contributed by atoms with Gasteiger partial charge in [0.1, 0.15) is 0 Å². The van der Waals surface area contributed by atoms with Crippen LogP contribution in [-0.2, 0) is 0 Å². The van der Waals surface area contributed by atoms with Gasteiger partial charge in [-0.25, -0.2) is 0 Å². The van der Waals surface area contributed by atoms with E-state index in [9.17, 15) is 0 Å². The molecule has 0 aromatic carbocycles. The maximum Gasteiger partial charge on any atom is 0.0433 e. The first kappa shape index (κ1) is 9.96. The van der Waals surface area contributed by atoms with Gasteiger partial charge in [0.05, 0.1) is 0 Å². The van der Waals surface area contributed by atoms with E-state index in [1.807, 2.05) is 0 Å². The highest BCUT2D eigenvalue weighted by atomic mass is 16.2. The Morgan fingerprint density at radius 3 is 2.00 bits per heavy atom. The molecule has 62 valence electrons. The van der Waals surface area contributed by atoms with E-state index in [1.165, 1.54) is 12.8 Å². The van der Waals surface area contributed by atoms with Crippen molar-refractivity contribution in [1.82, 2.24) is 0 Å². The van der Waals surface area contributed by atoms with Gasteiger partial charge in [-0.3, -0.25) is 0 Å². The largest absolute Gasteiger partial charge is 0.396 e. The first-order valence-corrected chi connectivity index (χ1v) is 4.27. The SMILES string of the molecule is CC(C)CC[C@H](C)CCO. The minimum atomic E-state index is 0.346. The summed E-state index contributed by atoms with van der Waals surface area (Å²) in [5, 5.41) is 8.60. The number of hydrogen-bond acceptors (Lipinski definition) is 1. The minimum Gasteiger partial charge on any atom is -0.396 e. The molecule has 10 heavy (non-hydrogen) atoms. The lowest BCUT2D eigenvalue weighted by Gasteiger charge is -2.10. The van der Waals surface area contributed by atoms with Crippen LogP contribution in [0, 0.1) is 11.8 Å². The molecule has 0 aromatic rings. The van der Waals surface area contributed by atoms with Crippen molar-refractivity contribution in [2.75, 3.05) is 6.61 Å². The Labute approximate surface area is 64.5 Å². The van der Waals surface area contributed by atoms with Gasteiger partial charge in [-0.05, 0) is 18.3 Å². The maximum atomic E-state index is 8.60. The highest BCUT2D eigenvalue weighted by Crippen LogP contribution is 2.13. The summed E-state index contributed by atoms with van der Waals surface area (Å²) in [6.45, 7) is 7.04. The first-order chi connectivity index (χ1) is 4.66. The van der Waals surface area contributed by atoms with Crippen LogP contribution in [-0.4, -0.2) is 11.7 Å². The van der Waals surface area contributed by atoms with Crippen LogP contribution >= 0.6 is 0 Å². The Morgan fingerprint density at radius 1 is 1.00 bits per heavy atom. The van der Waals surface area contributed by atoms with Gasteiger partial charge in [0.2, 0.25) is 0 Å². The Balaban J connectivity index is 3.12. The molecule has 0 radical (unpaired) electrons. The molecule has 0 aliphatic carbocycles. The van der Waals surface area contributed by atoms with E-state index in [0.717, 1.165) is 12.3 Å². The zero-order valence-electron chi connectivity index (χ0n) is 7.43. The summed E-state index contributed by atoms with van der Waals surface area (Å²) in [7, 11) is 0. The minimum absolute atomic E-state index is 0.346. The summed E-state index contributed by atoms with van der Waals surface area (Å²) in [6.07, 6.45) is 3.52. The Bertz CT molecular complexity index is 69.1. The van der Waals surface area contributed by atoms with Crippen LogP contribution in [0.5, 0.6) is 0 Å². The molecule has 1 atom stereocenters. The van der Waals surface area contributed by atoms with Crippen LogP contribution in [0.1, 0.15) is 40.0 Å². The third-order valence-electron chi connectivity index (χ3n) is 1.86. The topological polar surface area (TPSA) is 20.2 Å². The lowest BCUT2D eigenvalue weighted by Crippen LogP contribution is -1.99. The highest BCUT2D eigenvalue weighted by Gasteiger charge is 2.01. The Hall–Kier alpha value is -0.0400. The van der Waals surface area contributed by atoms with E-state index in [4.69, 9.17) is 5.11 Å². The zero-order valence-corrected chi connectivity index (χ0v) is 7.43. The van der Waals surface area contributed by atoms with Crippen molar-refractivity contribution in [2.24, 2.45) is 11.8 Å². The smallest absolute Gasteiger partial charge is 0.0433 e. The standard InChI is InChI=1S/C9H20O/c1-8(2)4-5-9(3)6-7-10/h8-10H,4-7H2,1-3H3/t9-/m0/s1. The van der Waals surface area contributed by atoms with Crippen LogP contribution in [0.3, 0.4) is 0 Å². The van der Waals surface area contributed by atoms with E-state index in [-0.39, 0.29) is 0 Å². The number of aliphatic hydroxyl groups is 1. The monoisotopic (exact) mass is 144 g/mol. The van der Waals surface area contributed by atoms with Crippen molar-refractivity contribution >= 4 is 0 Å². The average Bonchev–Trinajstić information content (AvgIpc) is 1.85. The van der Waals surface area contributed by atoms with E-state index < -0.39 is 0 Å². The Morgan fingerprint density at radius 2 is 1.60 bits per heavy atom. The predicted octanol–water partition coefficient (Wildman–Crippen LogP) is 2.44. The van der Waals surface area contributed by atoms with E-state index in [1.54, 1.807) is 0 Å². The van der Waals surface area contributed by atoms with Crippen LogP contribution in [0.2, 0.25) is 0 Å². The van der Waals surface area contributed by atoms with Crippen molar-refractivity contribution < 1.29 is 5.11 Å². The molecule has 0 spiro atoms. The predicted molar refractivity (Wildman–Crippen MR) is 44.9 cm³/mol. The van der Waals surface area contributed by atoms with Crippen molar-refractivity contribution in [2.45, 2.75) is 40.0 Å². The van der Waals surface area contributed by atoms with Gasteiger partial charge in [0.15, 0.2) is 0 Å². The molecule has 0 aliphatic rings. The fourth-order valence-electron chi connectivity index (χ4n) is 0.983. The fraction of sp³-hybridized carbons (Fsp3) is 1.00. The molecule has 0 unspecified atom stereocenters. The van der Waals surface area contributed by atoms with Gasteiger partial charge in [-0.1, -0.05) is 33.6 Å². The zero-order chi connectivity index (χ0) is 7.98. The van der Waals surface area contributed by atoms with E-state index >= 15 is 0 Å². The number of rotatable bonds is 5. The lowest BCUT2D eigenvalue weighted by molar-refractivity contribution is 0.254. The molecule has 0 fully saturated rings. The molecular formula is C9H20O. The molecule has 1 N–H and O–H groups in total. The molecule has 0 bridgehead atoms. The summed E-state index contributed by atoms with van der Waals surface area (Å²) in [6, 6.07) is 0. The molecule has 0 saturated carbocycles. The van der Waals surface area contributed by atoms with Gasteiger partial charge in [0.25, 0.3) is 0 Å². The molecule has 0 heterocycles. The molecular weight excluding hydrogens is 124 g/mol. The van der Waals surface area contributed by atoms with Crippen LogP contribution in [0.25, 0.3) is 0 Å². The van der Waals surface area contributed by atoms with Crippen LogP contribution in [0.15, 0.2) is 0 Å². The molecule has 0 amide bonds. The number of aliphatic hydroxyl groups excluding tert-OH is 1. The Kier molecular flexibility index (Phi) is 5.70. The van der Waals surface area contributed by atoms with Gasteiger partial charge in [-0.15, -0.1) is 0 Å². The molecule has 1 nitrogen and oxygen atoms in total. The van der Waals surface area contributed by atoms with Gasteiger partial charge >= 0.3 is 0 Å². The second-order valence-electron chi connectivity index (χ2n) is 3.59. The summed E-state index contributed by atoms with van der Waals surface area (Å²) in [4.78, 5) is 0. The number of hydrogen-bond donors (Lipinski definition) is 1. The summed E-state index contributed by atoms with van der Waals surface area (Å²) in [5.74, 6) is 1.51. The summed E-state index contributed by atoms with van der Waals surface area (Å²) >= 11 is 0. The van der Waals surface area contributed by atoms with Crippen LogP contribution < -0.4 is 0 Å². The second-order valence-corrected chi connectivity index (χ2v) is 3.59. The van der Waals surface area contributed by atoms with Gasteiger partial charge in [-0.2, -0.15) is 0 Å². The third-order valence-corrected chi connectivity index (χ3v) is 1.86. The lowest BCUT2D eigenvalue weighted by atomic mass is 9.97. The quantitative estimate of drug-likeness (QED) is 0.628. The van der Waals surface area contributed by atoms with Gasteiger partial charge in [0, 0.05) is 6.61 Å². The second kappa shape index (κ2) is 5.72. The highest BCUT2D eigenvalue weighted by molar-refractivity contribution is 4.54. The first-order valence-electron chi connectivity index (χ1n) is 4.27. The molecule has 1 heteroatoms. The molecule has 0 saturated heterocycles. The van der Waals surface area contributed by atoms with Crippen LogP contribution in [0.4, 0.5) is 0 Å². The van der Waals surface area contributed by atoms with Gasteiger partial charge < -0.3 is 5.11 Å². The van der Waals surface area contributed by atoms with Crippen molar-refractivity contribution in [3.05, 3.63) is 0 Å².